The maximum absolute atomic E-state index is 13.5. The van der Waals surface area contributed by atoms with E-state index in [1.807, 2.05) is 66.7 Å². The molecular formula is C33H44N2O6. The third-order valence-electron chi connectivity index (χ3n) is 6.63. The van der Waals surface area contributed by atoms with Crippen LogP contribution in [0.3, 0.4) is 0 Å². The Morgan fingerprint density at radius 3 is 2.24 bits per heavy atom. The second-order valence-corrected chi connectivity index (χ2v) is 9.99. The predicted octanol–water partition coefficient (Wildman–Crippen LogP) is 4.45. The molecule has 2 aromatic carbocycles. The van der Waals surface area contributed by atoms with Gasteiger partial charge < -0.3 is 25.2 Å². The van der Waals surface area contributed by atoms with Crippen LogP contribution in [0.25, 0.3) is 0 Å². The average molecular weight is 565 g/mol. The summed E-state index contributed by atoms with van der Waals surface area (Å²) in [6.45, 7) is 7.31. The average Bonchev–Trinajstić information content (AvgIpc) is 2.98. The van der Waals surface area contributed by atoms with Crippen molar-refractivity contribution in [3.8, 4) is 0 Å². The van der Waals surface area contributed by atoms with Gasteiger partial charge in [-0.05, 0) is 43.2 Å². The number of methoxy groups -OCH3 is 1. The van der Waals surface area contributed by atoms with Crippen molar-refractivity contribution in [2.75, 3.05) is 20.3 Å². The highest BCUT2D eigenvalue weighted by atomic mass is 16.5. The molecule has 8 nitrogen and oxygen atoms in total. The van der Waals surface area contributed by atoms with E-state index in [4.69, 9.17) is 9.47 Å². The Bertz CT molecular complexity index is 1080. The van der Waals surface area contributed by atoms with Crippen LogP contribution in [0.1, 0.15) is 55.8 Å². The summed E-state index contributed by atoms with van der Waals surface area (Å²) in [4.78, 5) is 39.1. The molecule has 0 heterocycles. The fourth-order valence-corrected chi connectivity index (χ4v) is 4.52. The zero-order valence-electron chi connectivity index (χ0n) is 24.0. The van der Waals surface area contributed by atoms with Crippen molar-refractivity contribution in [2.24, 2.45) is 5.92 Å². The van der Waals surface area contributed by atoms with E-state index in [2.05, 4.69) is 23.8 Å². The highest BCUT2D eigenvalue weighted by molar-refractivity contribution is 5.86. The molecule has 0 aliphatic heterocycles. The Morgan fingerprint density at radius 2 is 1.63 bits per heavy atom. The molecule has 0 saturated heterocycles. The van der Waals surface area contributed by atoms with Crippen molar-refractivity contribution in [1.29, 1.82) is 0 Å². The third-order valence-corrected chi connectivity index (χ3v) is 6.63. The molecule has 0 aromatic heterocycles. The number of nitrogens with one attached hydrogen (secondary N) is 2. The summed E-state index contributed by atoms with van der Waals surface area (Å²) in [7, 11) is 1.51. The van der Waals surface area contributed by atoms with Crippen LogP contribution in [0.5, 0.6) is 0 Å². The zero-order chi connectivity index (χ0) is 29.9. The van der Waals surface area contributed by atoms with E-state index in [0.717, 1.165) is 24.0 Å². The molecule has 0 bridgehead atoms. The number of esters is 1. The number of unbranched alkanes of at least 4 members (excludes halogenated alkanes) is 2. The minimum atomic E-state index is -0.783. The van der Waals surface area contributed by atoms with Gasteiger partial charge in [-0.15, -0.1) is 13.2 Å². The minimum absolute atomic E-state index is 0.0890. The van der Waals surface area contributed by atoms with Gasteiger partial charge in [0.2, 0.25) is 11.8 Å². The first-order valence-corrected chi connectivity index (χ1v) is 14.1. The number of benzene rings is 2. The van der Waals surface area contributed by atoms with E-state index in [9.17, 15) is 19.5 Å². The number of carbonyl (C=O) groups is 3. The van der Waals surface area contributed by atoms with Gasteiger partial charge in [-0.3, -0.25) is 14.4 Å². The molecule has 0 unspecified atom stereocenters. The number of rotatable bonds is 20. The standard InChI is InChI=1S/C33H44N2O6/c1-4-6-7-14-20-31(38)41-32(26-18-12-9-13-19-26)29(24-40-3)35-33(39)27(15-5-2)22-30(37)34-28(23-36)21-25-16-10-8-11-17-25/h4-5,8-13,16-19,27-29,32,36H,1-2,6-7,14-15,20-24H2,3H3,(H,34,37)(H,35,39)/t27-,28-,29-,32-/m0/s1. The Morgan fingerprint density at radius 1 is 0.951 bits per heavy atom. The van der Waals surface area contributed by atoms with Crippen LogP contribution in [0, 0.1) is 5.92 Å². The van der Waals surface area contributed by atoms with E-state index >= 15 is 0 Å². The predicted molar refractivity (Wildman–Crippen MR) is 160 cm³/mol. The van der Waals surface area contributed by atoms with Crippen LogP contribution in [0.2, 0.25) is 0 Å². The topological polar surface area (TPSA) is 114 Å². The first-order chi connectivity index (χ1) is 19.9. The summed E-state index contributed by atoms with van der Waals surface area (Å²) in [5.74, 6) is -1.81. The van der Waals surface area contributed by atoms with Crippen LogP contribution in [-0.2, 0) is 30.3 Å². The van der Waals surface area contributed by atoms with Gasteiger partial charge in [0.25, 0.3) is 0 Å². The molecule has 222 valence electrons. The van der Waals surface area contributed by atoms with E-state index in [1.165, 1.54) is 7.11 Å². The maximum Gasteiger partial charge on any atom is 0.306 e. The van der Waals surface area contributed by atoms with Crippen LogP contribution in [0.4, 0.5) is 0 Å². The fourth-order valence-electron chi connectivity index (χ4n) is 4.52. The molecule has 2 rings (SSSR count). The van der Waals surface area contributed by atoms with Crippen molar-refractivity contribution >= 4 is 17.8 Å². The van der Waals surface area contributed by atoms with E-state index in [-0.39, 0.29) is 50.3 Å². The molecule has 8 heteroatoms. The lowest BCUT2D eigenvalue weighted by Crippen LogP contribution is -2.47. The number of amides is 2. The summed E-state index contributed by atoms with van der Waals surface area (Å²) in [5.41, 5.74) is 1.70. The lowest BCUT2D eigenvalue weighted by Gasteiger charge is -2.29. The summed E-state index contributed by atoms with van der Waals surface area (Å²) in [6, 6.07) is 17.6. The van der Waals surface area contributed by atoms with Crippen molar-refractivity contribution in [1.82, 2.24) is 10.6 Å². The monoisotopic (exact) mass is 564 g/mol. The fraction of sp³-hybridized carbons (Fsp3) is 0.424. The van der Waals surface area contributed by atoms with Crippen LogP contribution in [-0.4, -0.2) is 55.3 Å². The molecule has 0 saturated carbocycles. The van der Waals surface area contributed by atoms with E-state index < -0.39 is 24.1 Å². The van der Waals surface area contributed by atoms with Gasteiger partial charge in [-0.2, -0.15) is 0 Å². The van der Waals surface area contributed by atoms with Crippen molar-refractivity contribution < 1.29 is 29.0 Å². The molecule has 2 aromatic rings. The molecule has 0 spiro atoms. The Labute approximate surface area is 243 Å². The molecule has 0 fully saturated rings. The van der Waals surface area contributed by atoms with Crippen molar-refractivity contribution in [3.63, 3.8) is 0 Å². The number of hydrogen-bond donors (Lipinski definition) is 3. The van der Waals surface area contributed by atoms with Gasteiger partial charge in [0.1, 0.15) is 6.10 Å². The molecule has 0 radical (unpaired) electrons. The van der Waals surface area contributed by atoms with E-state index in [1.54, 1.807) is 6.08 Å². The van der Waals surface area contributed by atoms with Gasteiger partial charge >= 0.3 is 5.97 Å². The SMILES string of the molecule is C=CCCCCC(=O)O[C@@H](c1ccccc1)[C@H](COC)NC(=O)[C@@H](CC=C)CC(=O)N[C@H](CO)Cc1ccccc1. The van der Waals surface area contributed by atoms with Crippen LogP contribution in [0.15, 0.2) is 86.0 Å². The molecular weight excluding hydrogens is 520 g/mol. The second-order valence-electron chi connectivity index (χ2n) is 9.99. The Balaban J connectivity index is 2.12. The summed E-state index contributed by atoms with van der Waals surface area (Å²) in [6.07, 6.45) is 5.83. The van der Waals surface area contributed by atoms with Gasteiger partial charge in [0.15, 0.2) is 0 Å². The Hall–Kier alpha value is -3.75. The number of carbonyl (C=O) groups excluding carboxylic acids is 3. The molecule has 41 heavy (non-hydrogen) atoms. The highest BCUT2D eigenvalue weighted by Crippen LogP contribution is 2.24. The maximum atomic E-state index is 13.5. The number of ether oxygens (including phenoxy) is 2. The normalized spacial score (nSPS) is 13.7. The van der Waals surface area contributed by atoms with Crippen LogP contribution < -0.4 is 10.6 Å². The van der Waals surface area contributed by atoms with Gasteiger partial charge in [0.05, 0.1) is 31.2 Å². The smallest absolute Gasteiger partial charge is 0.306 e. The van der Waals surface area contributed by atoms with E-state index in [0.29, 0.717) is 12.8 Å². The molecule has 3 N–H and O–H groups in total. The molecule has 4 atom stereocenters. The summed E-state index contributed by atoms with van der Waals surface area (Å²) < 4.78 is 11.3. The number of allylic oxidation sites excluding steroid dienone is 2. The minimum Gasteiger partial charge on any atom is -0.455 e. The number of aliphatic hydroxyl groups excluding tert-OH is 1. The first-order valence-electron chi connectivity index (χ1n) is 14.1. The van der Waals surface area contributed by atoms with Crippen molar-refractivity contribution in [3.05, 3.63) is 97.1 Å². The third kappa shape index (κ3) is 12.5. The van der Waals surface area contributed by atoms with Crippen LogP contribution >= 0.6 is 0 Å². The highest BCUT2D eigenvalue weighted by Gasteiger charge is 2.31. The van der Waals surface area contributed by atoms with Crippen molar-refractivity contribution in [2.45, 2.75) is 63.1 Å². The number of hydrogen-bond acceptors (Lipinski definition) is 6. The summed E-state index contributed by atoms with van der Waals surface area (Å²) >= 11 is 0. The zero-order valence-corrected chi connectivity index (χ0v) is 24.0. The van der Waals surface area contributed by atoms with Gasteiger partial charge in [-0.25, -0.2) is 0 Å². The lowest BCUT2D eigenvalue weighted by atomic mass is 9.97. The first kappa shape index (κ1) is 33.5. The lowest BCUT2D eigenvalue weighted by molar-refractivity contribution is -0.153. The quantitative estimate of drug-likeness (QED) is 0.124. The van der Waals surface area contributed by atoms with Gasteiger partial charge in [0, 0.05) is 20.0 Å². The second kappa shape index (κ2) is 19.3. The number of aliphatic hydroxyl groups is 1. The largest absolute Gasteiger partial charge is 0.455 e. The summed E-state index contributed by atoms with van der Waals surface area (Å²) in [5, 5.41) is 15.6. The molecule has 0 aliphatic carbocycles. The van der Waals surface area contributed by atoms with Gasteiger partial charge in [-0.1, -0.05) is 72.8 Å². The molecule has 2 amide bonds. The Kier molecular flexibility index (Phi) is 15.8. The molecule has 0 aliphatic rings.